The predicted octanol–water partition coefficient (Wildman–Crippen LogP) is 2.79. The molecule has 2 heterocycles. The van der Waals surface area contributed by atoms with Gasteiger partial charge in [0.15, 0.2) is 5.78 Å². The zero-order valence-corrected chi connectivity index (χ0v) is 11.6. The highest BCUT2D eigenvalue weighted by Crippen LogP contribution is 2.32. The van der Waals surface area contributed by atoms with Gasteiger partial charge in [0, 0.05) is 18.0 Å². The van der Waals surface area contributed by atoms with Crippen LogP contribution in [-0.2, 0) is 10.9 Å². The van der Waals surface area contributed by atoms with Crippen molar-refractivity contribution in [1.82, 2.24) is 5.32 Å². The molecule has 1 N–H and O–H groups in total. The number of rotatable bonds is 2. The van der Waals surface area contributed by atoms with Gasteiger partial charge < -0.3 is 10.1 Å². The van der Waals surface area contributed by atoms with E-state index in [4.69, 9.17) is 4.74 Å². The Bertz CT molecular complexity index is 575. The second-order valence-corrected chi connectivity index (χ2v) is 5.82. The largest absolute Gasteiger partial charge is 0.416 e. The number of halogens is 4. The second kappa shape index (κ2) is 5.62. The number of Topliss-reactive ketones (excluding diaryl/α,β-unsaturated/α-hetero) is 1. The van der Waals surface area contributed by atoms with E-state index in [-0.39, 0.29) is 23.6 Å². The Morgan fingerprint density at radius 1 is 1.18 bits per heavy atom. The van der Waals surface area contributed by atoms with E-state index < -0.39 is 23.3 Å². The maximum atomic E-state index is 13.9. The van der Waals surface area contributed by atoms with Crippen molar-refractivity contribution in [2.45, 2.75) is 31.1 Å². The van der Waals surface area contributed by atoms with Gasteiger partial charge >= 0.3 is 6.18 Å². The molecular weight excluding hydrogens is 302 g/mol. The van der Waals surface area contributed by atoms with E-state index in [1.807, 2.05) is 0 Å². The minimum atomic E-state index is -4.62. The molecule has 2 bridgehead atoms. The van der Waals surface area contributed by atoms with Gasteiger partial charge in [-0.15, -0.1) is 0 Å². The molecule has 1 aromatic rings. The fourth-order valence-corrected chi connectivity index (χ4v) is 3.16. The van der Waals surface area contributed by atoms with Crippen LogP contribution in [0.2, 0.25) is 0 Å². The van der Waals surface area contributed by atoms with Crippen molar-refractivity contribution in [3.05, 3.63) is 35.1 Å². The smallest absolute Gasteiger partial charge is 0.378 e. The average molecular weight is 317 g/mol. The monoisotopic (exact) mass is 317 g/mol. The first-order valence-corrected chi connectivity index (χ1v) is 7.09. The maximum Gasteiger partial charge on any atom is 0.416 e. The number of benzene rings is 1. The molecule has 7 heteroatoms. The molecule has 0 amide bonds. The second-order valence-electron chi connectivity index (χ2n) is 5.82. The number of morpholine rings is 1. The molecule has 2 fully saturated rings. The van der Waals surface area contributed by atoms with E-state index >= 15 is 0 Å². The summed E-state index contributed by atoms with van der Waals surface area (Å²) in [6, 6.07) is 2.16. The van der Waals surface area contributed by atoms with Gasteiger partial charge in [-0.2, -0.15) is 13.2 Å². The molecule has 120 valence electrons. The van der Waals surface area contributed by atoms with Gasteiger partial charge in [0.05, 0.1) is 24.3 Å². The van der Waals surface area contributed by atoms with Crippen molar-refractivity contribution < 1.29 is 27.1 Å². The third-order valence-corrected chi connectivity index (χ3v) is 4.18. The quantitative estimate of drug-likeness (QED) is 0.673. The van der Waals surface area contributed by atoms with Crippen LogP contribution in [0.15, 0.2) is 18.2 Å². The molecule has 0 radical (unpaired) electrons. The topological polar surface area (TPSA) is 38.3 Å². The Morgan fingerprint density at radius 2 is 1.82 bits per heavy atom. The van der Waals surface area contributed by atoms with Gasteiger partial charge in [-0.05, 0) is 31.0 Å². The van der Waals surface area contributed by atoms with E-state index in [0.717, 1.165) is 12.1 Å². The van der Waals surface area contributed by atoms with E-state index in [9.17, 15) is 22.4 Å². The highest BCUT2D eigenvalue weighted by molar-refractivity contribution is 5.98. The predicted molar refractivity (Wildman–Crippen MR) is 70.0 cm³/mol. The summed E-state index contributed by atoms with van der Waals surface area (Å²) in [5.74, 6) is -1.92. The normalized spacial score (nSPS) is 28.5. The molecule has 22 heavy (non-hydrogen) atoms. The van der Waals surface area contributed by atoms with Gasteiger partial charge in [0.1, 0.15) is 5.82 Å². The zero-order valence-electron chi connectivity index (χ0n) is 11.6. The molecule has 0 spiro atoms. The molecule has 3 rings (SSSR count). The summed E-state index contributed by atoms with van der Waals surface area (Å²) in [5, 5.41) is 3.31. The summed E-state index contributed by atoms with van der Waals surface area (Å²) < 4.78 is 56.9. The van der Waals surface area contributed by atoms with Crippen LogP contribution in [0.25, 0.3) is 0 Å². The molecule has 2 unspecified atom stereocenters. The minimum absolute atomic E-state index is 0.0407. The molecule has 2 saturated heterocycles. The van der Waals surface area contributed by atoms with Crippen molar-refractivity contribution in [1.29, 1.82) is 0 Å². The lowest BCUT2D eigenvalue weighted by atomic mass is 9.82. The van der Waals surface area contributed by atoms with Crippen molar-refractivity contribution in [3.63, 3.8) is 0 Å². The van der Waals surface area contributed by atoms with Crippen LogP contribution in [0.3, 0.4) is 0 Å². The Kier molecular flexibility index (Phi) is 3.94. The van der Waals surface area contributed by atoms with Gasteiger partial charge in [0.2, 0.25) is 0 Å². The van der Waals surface area contributed by atoms with E-state index in [1.54, 1.807) is 0 Å². The van der Waals surface area contributed by atoms with Crippen LogP contribution in [0.4, 0.5) is 17.6 Å². The number of nitrogens with one attached hydrogen (secondary N) is 1. The molecule has 3 nitrogen and oxygen atoms in total. The SMILES string of the molecule is O=C(c1ccc(C(F)(F)F)cc1F)C1CC2COCC(C1)N2. The molecule has 1 aromatic carbocycles. The third-order valence-electron chi connectivity index (χ3n) is 4.18. The highest BCUT2D eigenvalue weighted by atomic mass is 19.4. The Balaban J connectivity index is 1.80. The lowest BCUT2D eigenvalue weighted by molar-refractivity contribution is -0.137. The average Bonchev–Trinajstić information content (AvgIpc) is 2.45. The molecular formula is C15H15F4NO2. The summed E-state index contributed by atoms with van der Waals surface area (Å²) in [6.45, 7) is 0.992. The fourth-order valence-electron chi connectivity index (χ4n) is 3.16. The van der Waals surface area contributed by atoms with Gasteiger partial charge in [-0.1, -0.05) is 0 Å². The summed E-state index contributed by atoms with van der Waals surface area (Å²) in [7, 11) is 0. The standard InChI is InChI=1S/C15H15F4NO2/c16-13-5-9(15(17,18)19)1-2-12(13)14(21)8-3-10-6-22-7-11(4-8)20-10/h1-2,5,8,10-11,20H,3-4,6-7H2. The van der Waals surface area contributed by atoms with E-state index in [1.165, 1.54) is 0 Å². The molecule has 2 aliphatic rings. The van der Waals surface area contributed by atoms with Crippen LogP contribution < -0.4 is 5.32 Å². The number of ketones is 1. The van der Waals surface area contributed by atoms with Crippen molar-refractivity contribution in [2.24, 2.45) is 5.92 Å². The molecule has 0 saturated carbocycles. The lowest BCUT2D eigenvalue weighted by Crippen LogP contribution is -2.55. The van der Waals surface area contributed by atoms with Crippen molar-refractivity contribution >= 4 is 5.78 Å². The van der Waals surface area contributed by atoms with E-state index in [2.05, 4.69) is 5.32 Å². The number of carbonyl (C=O) groups excluding carboxylic acids is 1. The van der Waals surface area contributed by atoms with Crippen LogP contribution in [0, 0.1) is 11.7 Å². The van der Waals surface area contributed by atoms with Crippen LogP contribution in [-0.4, -0.2) is 31.1 Å². The van der Waals surface area contributed by atoms with Crippen LogP contribution in [0.1, 0.15) is 28.8 Å². The number of carbonyl (C=O) groups is 1. The highest BCUT2D eigenvalue weighted by Gasteiger charge is 2.37. The third kappa shape index (κ3) is 3.01. The number of hydrogen-bond donors (Lipinski definition) is 1. The van der Waals surface area contributed by atoms with Gasteiger partial charge in [0.25, 0.3) is 0 Å². The maximum absolute atomic E-state index is 13.9. The summed E-state index contributed by atoms with van der Waals surface area (Å²) in [5.41, 5.74) is -1.35. The minimum Gasteiger partial charge on any atom is -0.378 e. The number of alkyl halides is 3. The first kappa shape index (κ1) is 15.4. The fraction of sp³-hybridized carbons (Fsp3) is 0.533. The number of fused-ring (bicyclic) bond motifs is 2. The number of hydrogen-bond acceptors (Lipinski definition) is 3. The van der Waals surface area contributed by atoms with Crippen LogP contribution in [0.5, 0.6) is 0 Å². The summed E-state index contributed by atoms with van der Waals surface area (Å²) >= 11 is 0. The number of piperidine rings is 1. The first-order chi connectivity index (χ1) is 10.3. The molecule has 2 aliphatic heterocycles. The molecule has 0 aromatic heterocycles. The molecule has 2 atom stereocenters. The van der Waals surface area contributed by atoms with Crippen molar-refractivity contribution in [2.75, 3.05) is 13.2 Å². The van der Waals surface area contributed by atoms with Gasteiger partial charge in [-0.25, -0.2) is 4.39 Å². The zero-order chi connectivity index (χ0) is 15.9. The van der Waals surface area contributed by atoms with Crippen molar-refractivity contribution in [3.8, 4) is 0 Å². The summed E-state index contributed by atoms with van der Waals surface area (Å²) in [4.78, 5) is 12.4. The van der Waals surface area contributed by atoms with Gasteiger partial charge in [-0.3, -0.25) is 4.79 Å². The first-order valence-electron chi connectivity index (χ1n) is 7.09. The van der Waals surface area contributed by atoms with E-state index in [0.29, 0.717) is 32.1 Å². The Hall–Kier alpha value is -1.47. The number of ether oxygens (including phenoxy) is 1. The summed E-state index contributed by atoms with van der Waals surface area (Å²) in [6.07, 6.45) is -3.60. The van der Waals surface area contributed by atoms with Crippen LogP contribution >= 0.6 is 0 Å². The Morgan fingerprint density at radius 3 is 2.36 bits per heavy atom. The Labute approximate surface area is 124 Å². The molecule has 0 aliphatic carbocycles. The lowest BCUT2D eigenvalue weighted by Gasteiger charge is -2.39.